The summed E-state index contributed by atoms with van der Waals surface area (Å²) in [4.78, 5) is 0. The lowest BCUT2D eigenvalue weighted by Crippen LogP contribution is -2.26. The predicted molar refractivity (Wildman–Crippen MR) is 123 cm³/mol. The van der Waals surface area contributed by atoms with Gasteiger partial charge in [0.05, 0.1) is 22.6 Å². The Balaban J connectivity index is 1.08. The molecule has 4 N–H and O–H groups in total. The van der Waals surface area contributed by atoms with Gasteiger partial charge in [0.15, 0.2) is 0 Å². The van der Waals surface area contributed by atoms with E-state index in [0.29, 0.717) is 49.7 Å². The van der Waals surface area contributed by atoms with E-state index in [2.05, 4.69) is 26.3 Å². The van der Waals surface area contributed by atoms with Crippen molar-refractivity contribution in [1.82, 2.24) is 15.5 Å². The zero-order valence-electron chi connectivity index (χ0n) is 17.8. The van der Waals surface area contributed by atoms with Crippen molar-refractivity contribution in [2.24, 2.45) is 0 Å². The van der Waals surface area contributed by atoms with Crippen LogP contribution in [0.2, 0.25) is 0 Å². The Labute approximate surface area is 187 Å². The number of fused-ring (bicyclic) bond motifs is 1. The molecule has 0 amide bonds. The van der Waals surface area contributed by atoms with E-state index in [1.807, 2.05) is 12.1 Å². The van der Waals surface area contributed by atoms with E-state index in [9.17, 15) is 13.5 Å². The summed E-state index contributed by atoms with van der Waals surface area (Å²) < 4.78 is 32.6. The fourth-order valence-electron chi connectivity index (χ4n) is 3.81. The van der Waals surface area contributed by atoms with Gasteiger partial charge >= 0.3 is 0 Å². The second-order valence-corrected chi connectivity index (χ2v) is 10.6. The average molecular weight is 457 g/mol. The molecule has 0 spiro atoms. The minimum Gasteiger partial charge on any atom is -0.492 e. The Hall–Kier alpha value is -2.62. The molecule has 8 nitrogen and oxygen atoms in total. The monoisotopic (exact) mass is 456 g/mol. The number of nitrogens with zero attached hydrogens (tertiary/aromatic N) is 1. The summed E-state index contributed by atoms with van der Waals surface area (Å²) in [5.41, 5.74) is 3.29. The van der Waals surface area contributed by atoms with E-state index >= 15 is 0 Å². The van der Waals surface area contributed by atoms with Gasteiger partial charge in [0, 0.05) is 36.1 Å². The van der Waals surface area contributed by atoms with Gasteiger partial charge in [0.1, 0.15) is 12.4 Å². The number of benzene rings is 2. The van der Waals surface area contributed by atoms with E-state index in [1.165, 1.54) is 18.2 Å². The zero-order chi connectivity index (χ0) is 22.1. The molecule has 1 unspecified atom stereocenters. The number of hydrogen-bond donors (Lipinski definition) is 4. The van der Waals surface area contributed by atoms with Crippen molar-refractivity contribution in [2.45, 2.75) is 43.0 Å². The van der Waals surface area contributed by atoms with Crippen LogP contribution in [0, 0.1) is 0 Å². The number of nitrogens with one attached hydrogen (secondary N) is 3. The maximum absolute atomic E-state index is 12.1. The number of aromatic amines is 1. The van der Waals surface area contributed by atoms with Crippen LogP contribution >= 0.6 is 0 Å². The van der Waals surface area contributed by atoms with Gasteiger partial charge in [-0.05, 0) is 55.5 Å². The number of rotatable bonds is 11. The first kappa shape index (κ1) is 21.2. The lowest BCUT2D eigenvalue weighted by atomic mass is 10.1. The molecule has 2 aliphatic rings. The van der Waals surface area contributed by atoms with Crippen molar-refractivity contribution in [1.29, 1.82) is 0 Å². The van der Waals surface area contributed by atoms with Gasteiger partial charge in [-0.2, -0.15) is 5.10 Å². The minimum atomic E-state index is -3.32. The van der Waals surface area contributed by atoms with Crippen LogP contribution in [0.3, 0.4) is 0 Å². The molecule has 0 aliphatic heterocycles. The summed E-state index contributed by atoms with van der Waals surface area (Å²) in [6.07, 6.45) is 3.11. The van der Waals surface area contributed by atoms with Gasteiger partial charge in [0.2, 0.25) is 10.0 Å². The zero-order valence-corrected chi connectivity index (χ0v) is 18.6. The topological polar surface area (TPSA) is 116 Å². The van der Waals surface area contributed by atoms with Crippen molar-refractivity contribution in [3.8, 4) is 5.75 Å². The smallest absolute Gasteiger partial charge is 0.235 e. The van der Waals surface area contributed by atoms with Crippen LogP contribution in [0.15, 0.2) is 42.5 Å². The molecule has 32 heavy (non-hydrogen) atoms. The van der Waals surface area contributed by atoms with Crippen LogP contribution in [0.25, 0.3) is 10.9 Å². The molecule has 5 rings (SSSR count). The number of aliphatic hydroxyl groups excluding tert-OH is 1. The maximum Gasteiger partial charge on any atom is 0.235 e. The lowest BCUT2D eigenvalue weighted by molar-refractivity contribution is 0.172. The molecule has 1 atom stereocenters. The highest BCUT2D eigenvalue weighted by Gasteiger charge is 2.35. The summed E-state index contributed by atoms with van der Waals surface area (Å²) >= 11 is 0. The standard InChI is InChI=1S/C23H28N4O4S/c28-22(16-2-1-3-17(12-16)27-32(29,30)19-7-8-19)14-24-10-11-31-18-6-9-20-21(13-18)25-26-23(20)15-4-5-15/h1-3,6,9,12-13,15,19,22,24,27-28H,4-5,7-8,10-11,14H2,(H,25,26). The Kier molecular flexibility index (Phi) is 5.79. The molecule has 2 aliphatic carbocycles. The van der Waals surface area contributed by atoms with Crippen LogP contribution < -0.4 is 14.8 Å². The quantitative estimate of drug-likeness (QED) is 0.330. The third-order valence-electron chi connectivity index (χ3n) is 5.91. The first-order valence-corrected chi connectivity index (χ1v) is 12.7. The molecule has 0 saturated heterocycles. The molecule has 3 aromatic rings. The highest BCUT2D eigenvalue weighted by molar-refractivity contribution is 7.93. The second kappa shape index (κ2) is 8.73. The summed E-state index contributed by atoms with van der Waals surface area (Å²) in [6, 6.07) is 12.9. The minimum absolute atomic E-state index is 0.285. The van der Waals surface area contributed by atoms with Gasteiger partial charge in [-0.25, -0.2) is 8.42 Å². The molecule has 2 aromatic carbocycles. The molecule has 1 aromatic heterocycles. The van der Waals surface area contributed by atoms with Crippen LogP contribution in [0.5, 0.6) is 5.75 Å². The van der Waals surface area contributed by atoms with Crippen molar-refractivity contribution < 1.29 is 18.3 Å². The van der Waals surface area contributed by atoms with E-state index in [-0.39, 0.29) is 5.25 Å². The highest BCUT2D eigenvalue weighted by Crippen LogP contribution is 2.42. The molecule has 9 heteroatoms. The number of anilines is 1. The van der Waals surface area contributed by atoms with E-state index in [4.69, 9.17) is 4.74 Å². The lowest BCUT2D eigenvalue weighted by Gasteiger charge is -2.14. The largest absolute Gasteiger partial charge is 0.492 e. The second-order valence-electron chi connectivity index (χ2n) is 8.63. The molecule has 0 bridgehead atoms. The van der Waals surface area contributed by atoms with Gasteiger partial charge in [-0.3, -0.25) is 9.82 Å². The Bertz CT molecular complexity index is 1200. The number of aliphatic hydroxyl groups is 1. The molecule has 2 saturated carbocycles. The summed E-state index contributed by atoms with van der Waals surface area (Å²) in [7, 11) is -3.32. The Morgan fingerprint density at radius 2 is 2.00 bits per heavy atom. The Morgan fingerprint density at radius 3 is 2.78 bits per heavy atom. The Morgan fingerprint density at radius 1 is 1.16 bits per heavy atom. The molecular weight excluding hydrogens is 428 g/mol. The van der Waals surface area contributed by atoms with Crippen LogP contribution in [0.1, 0.15) is 49.0 Å². The average Bonchev–Trinajstić information content (AvgIpc) is 3.70. The van der Waals surface area contributed by atoms with Crippen molar-refractivity contribution in [2.75, 3.05) is 24.4 Å². The molecular formula is C23H28N4O4S. The van der Waals surface area contributed by atoms with Crippen LogP contribution in [-0.4, -0.2) is 48.7 Å². The van der Waals surface area contributed by atoms with Gasteiger partial charge in [-0.1, -0.05) is 12.1 Å². The van der Waals surface area contributed by atoms with Crippen LogP contribution in [-0.2, 0) is 10.0 Å². The first-order valence-electron chi connectivity index (χ1n) is 11.1. The van der Waals surface area contributed by atoms with E-state index in [0.717, 1.165) is 17.0 Å². The van der Waals surface area contributed by atoms with Gasteiger partial charge < -0.3 is 15.2 Å². The van der Waals surface area contributed by atoms with Crippen LogP contribution in [0.4, 0.5) is 5.69 Å². The SMILES string of the molecule is O=S(=O)(Nc1cccc(C(O)CNCCOc2ccc3c(C4CC4)n[nH]c3c2)c1)C1CC1. The number of ether oxygens (including phenoxy) is 1. The summed E-state index contributed by atoms with van der Waals surface area (Å²) in [6.45, 7) is 1.37. The van der Waals surface area contributed by atoms with E-state index in [1.54, 1.807) is 24.3 Å². The third-order valence-corrected chi connectivity index (χ3v) is 7.78. The number of hydrogen-bond acceptors (Lipinski definition) is 6. The summed E-state index contributed by atoms with van der Waals surface area (Å²) in [5.74, 6) is 1.38. The molecule has 0 radical (unpaired) electrons. The molecule has 170 valence electrons. The molecule has 1 heterocycles. The van der Waals surface area contributed by atoms with Gasteiger partial charge in [-0.15, -0.1) is 0 Å². The number of aromatic nitrogens is 2. The normalized spacial score (nSPS) is 17.4. The fraction of sp³-hybridized carbons (Fsp3) is 0.435. The third kappa shape index (κ3) is 4.90. The van der Waals surface area contributed by atoms with Crippen molar-refractivity contribution in [3.05, 3.63) is 53.7 Å². The van der Waals surface area contributed by atoms with Crippen molar-refractivity contribution >= 4 is 26.6 Å². The van der Waals surface area contributed by atoms with Gasteiger partial charge in [0.25, 0.3) is 0 Å². The van der Waals surface area contributed by atoms with Crippen molar-refractivity contribution in [3.63, 3.8) is 0 Å². The predicted octanol–water partition coefficient (Wildman–Crippen LogP) is 3.05. The number of sulfonamides is 1. The highest BCUT2D eigenvalue weighted by atomic mass is 32.2. The maximum atomic E-state index is 12.1. The van der Waals surface area contributed by atoms with E-state index < -0.39 is 16.1 Å². The fourth-order valence-corrected chi connectivity index (χ4v) is 5.19. The first-order chi connectivity index (χ1) is 15.5. The molecule has 2 fully saturated rings. The number of H-pyrrole nitrogens is 1. The summed E-state index contributed by atoms with van der Waals surface area (Å²) in [5, 5.41) is 22.1.